The predicted octanol–water partition coefficient (Wildman–Crippen LogP) is 2.84. The van der Waals surface area contributed by atoms with Crippen LogP contribution in [0, 0.1) is 0 Å². The highest BCUT2D eigenvalue weighted by atomic mass is 16.5. The lowest BCUT2D eigenvalue weighted by Crippen LogP contribution is -2.62. The van der Waals surface area contributed by atoms with Crippen LogP contribution < -0.4 is 15.5 Å². The van der Waals surface area contributed by atoms with Gasteiger partial charge in [0.15, 0.2) is 0 Å². The molecule has 2 heterocycles. The number of nitrogens with one attached hydrogen (secondary N) is 2. The highest BCUT2D eigenvalue weighted by Crippen LogP contribution is 2.28. The van der Waals surface area contributed by atoms with Gasteiger partial charge in [0, 0.05) is 42.5 Å². The fourth-order valence-electron chi connectivity index (χ4n) is 4.01. The number of hydrogen-bond acceptors (Lipinski definition) is 6. The molecular weight excluding hydrogens is 342 g/mol. The minimum atomic E-state index is -0.322. The van der Waals surface area contributed by atoms with Crippen molar-refractivity contribution in [3.63, 3.8) is 0 Å². The van der Waals surface area contributed by atoms with Crippen LogP contribution in [0.3, 0.4) is 0 Å². The van der Waals surface area contributed by atoms with Crippen LogP contribution in [0.4, 0.5) is 5.69 Å². The van der Waals surface area contributed by atoms with Gasteiger partial charge in [0.2, 0.25) is 5.82 Å². The maximum atomic E-state index is 12.6. The summed E-state index contributed by atoms with van der Waals surface area (Å²) in [6.45, 7) is 8.59. The maximum Gasteiger partial charge on any atom is 0.316 e. The van der Waals surface area contributed by atoms with E-state index in [0.29, 0.717) is 5.82 Å². The Morgan fingerprint density at radius 3 is 2.30 bits per heavy atom. The van der Waals surface area contributed by atoms with Gasteiger partial charge in [0.05, 0.1) is 0 Å². The van der Waals surface area contributed by atoms with Crippen molar-refractivity contribution in [3.8, 4) is 11.4 Å². The molecular formula is C20H29N5O2. The van der Waals surface area contributed by atoms with Crippen LogP contribution in [0.1, 0.15) is 51.2 Å². The van der Waals surface area contributed by atoms with Crippen LogP contribution >= 0.6 is 0 Å². The van der Waals surface area contributed by atoms with E-state index in [2.05, 4.69) is 48.5 Å². The lowest BCUT2D eigenvalue weighted by molar-refractivity contribution is 0.0830. The summed E-state index contributed by atoms with van der Waals surface area (Å²) in [7, 11) is 3.96. The zero-order valence-electron chi connectivity index (χ0n) is 17.0. The van der Waals surface area contributed by atoms with Gasteiger partial charge in [-0.05, 0) is 64.8 Å². The van der Waals surface area contributed by atoms with Crippen molar-refractivity contribution in [2.75, 3.05) is 19.0 Å². The molecule has 0 spiro atoms. The fourth-order valence-corrected chi connectivity index (χ4v) is 4.01. The Kier molecular flexibility index (Phi) is 4.99. The molecule has 3 rings (SSSR count). The molecule has 0 bridgehead atoms. The molecule has 1 saturated heterocycles. The quantitative estimate of drug-likeness (QED) is 0.860. The van der Waals surface area contributed by atoms with E-state index in [4.69, 9.17) is 4.52 Å². The Labute approximate surface area is 160 Å². The highest BCUT2D eigenvalue weighted by molar-refractivity contribution is 5.90. The van der Waals surface area contributed by atoms with Crippen molar-refractivity contribution in [2.24, 2.45) is 0 Å². The summed E-state index contributed by atoms with van der Waals surface area (Å²) < 4.78 is 5.20. The largest absolute Gasteiger partial charge is 0.378 e. The third-order valence-corrected chi connectivity index (χ3v) is 4.79. The van der Waals surface area contributed by atoms with Gasteiger partial charge in [-0.1, -0.05) is 5.16 Å². The van der Waals surface area contributed by atoms with Crippen molar-refractivity contribution in [2.45, 2.75) is 57.7 Å². The number of anilines is 1. The third-order valence-electron chi connectivity index (χ3n) is 4.79. The van der Waals surface area contributed by atoms with Crippen LogP contribution in [0.15, 0.2) is 28.8 Å². The Hall–Kier alpha value is -2.41. The number of amides is 1. The summed E-state index contributed by atoms with van der Waals surface area (Å²) in [5.74, 6) is 0.0874. The number of rotatable bonds is 4. The van der Waals surface area contributed by atoms with Crippen molar-refractivity contribution in [3.05, 3.63) is 30.2 Å². The highest BCUT2D eigenvalue weighted by Gasteiger charge is 2.38. The van der Waals surface area contributed by atoms with E-state index < -0.39 is 0 Å². The van der Waals surface area contributed by atoms with Crippen molar-refractivity contribution in [1.82, 2.24) is 20.8 Å². The molecule has 1 aromatic heterocycles. The molecule has 1 aliphatic rings. The average Bonchev–Trinajstić information content (AvgIpc) is 3.02. The van der Waals surface area contributed by atoms with E-state index in [-0.39, 0.29) is 28.9 Å². The van der Waals surface area contributed by atoms with Gasteiger partial charge in [0.25, 0.3) is 0 Å². The molecule has 0 atom stereocenters. The average molecular weight is 371 g/mol. The normalized spacial score (nSPS) is 18.9. The number of carbonyl (C=O) groups is 1. The van der Waals surface area contributed by atoms with Crippen molar-refractivity contribution < 1.29 is 9.32 Å². The molecule has 27 heavy (non-hydrogen) atoms. The van der Waals surface area contributed by atoms with Gasteiger partial charge in [-0.15, -0.1) is 0 Å². The van der Waals surface area contributed by atoms with Gasteiger partial charge in [-0.3, -0.25) is 4.79 Å². The Morgan fingerprint density at radius 2 is 1.74 bits per heavy atom. The number of hydrogen-bond donors (Lipinski definition) is 2. The second kappa shape index (κ2) is 6.96. The lowest BCUT2D eigenvalue weighted by atomic mass is 9.79. The molecule has 1 amide bonds. The molecule has 1 aromatic carbocycles. The zero-order valence-corrected chi connectivity index (χ0v) is 17.0. The van der Waals surface area contributed by atoms with Gasteiger partial charge in [-0.25, -0.2) is 0 Å². The molecule has 0 radical (unpaired) electrons. The van der Waals surface area contributed by atoms with Gasteiger partial charge < -0.3 is 20.1 Å². The first-order chi connectivity index (χ1) is 12.5. The number of benzene rings is 1. The summed E-state index contributed by atoms with van der Waals surface area (Å²) in [5.41, 5.74) is 1.80. The lowest BCUT2D eigenvalue weighted by Gasteiger charge is -2.46. The second-order valence-electron chi connectivity index (χ2n) is 8.84. The summed E-state index contributed by atoms with van der Waals surface area (Å²) in [4.78, 5) is 18.9. The number of piperidine rings is 1. The van der Waals surface area contributed by atoms with Gasteiger partial charge in [-0.2, -0.15) is 4.98 Å². The molecule has 2 N–H and O–H groups in total. The van der Waals surface area contributed by atoms with Gasteiger partial charge >= 0.3 is 11.8 Å². The molecule has 1 fully saturated rings. The van der Waals surface area contributed by atoms with E-state index in [0.717, 1.165) is 24.1 Å². The monoisotopic (exact) mass is 371 g/mol. The predicted molar refractivity (Wildman–Crippen MR) is 106 cm³/mol. The Balaban J connectivity index is 1.70. The molecule has 2 aromatic rings. The van der Waals surface area contributed by atoms with E-state index in [1.807, 2.05) is 43.3 Å². The van der Waals surface area contributed by atoms with Crippen LogP contribution in [0.25, 0.3) is 11.4 Å². The van der Waals surface area contributed by atoms with E-state index in [9.17, 15) is 4.79 Å². The van der Waals surface area contributed by atoms with Crippen molar-refractivity contribution >= 4 is 11.6 Å². The fraction of sp³-hybridized carbons (Fsp3) is 0.550. The topological polar surface area (TPSA) is 83.3 Å². The Bertz CT molecular complexity index is 792. The molecule has 146 valence electrons. The summed E-state index contributed by atoms with van der Waals surface area (Å²) in [6, 6.07) is 7.84. The zero-order chi connectivity index (χ0) is 19.8. The van der Waals surface area contributed by atoms with E-state index in [1.165, 1.54) is 0 Å². The summed E-state index contributed by atoms with van der Waals surface area (Å²) in [6.07, 6.45) is 1.68. The molecule has 0 aliphatic carbocycles. The first-order valence-corrected chi connectivity index (χ1v) is 9.26. The first kappa shape index (κ1) is 19.4. The molecule has 0 saturated carbocycles. The maximum absolute atomic E-state index is 12.6. The van der Waals surface area contributed by atoms with Crippen LogP contribution in [0.2, 0.25) is 0 Å². The van der Waals surface area contributed by atoms with Crippen LogP contribution in [-0.4, -0.2) is 47.3 Å². The minimum absolute atomic E-state index is 0.00386. The van der Waals surface area contributed by atoms with E-state index in [1.54, 1.807) is 0 Å². The second-order valence-corrected chi connectivity index (χ2v) is 8.84. The van der Waals surface area contributed by atoms with Crippen LogP contribution in [0.5, 0.6) is 0 Å². The number of aromatic nitrogens is 2. The summed E-state index contributed by atoms with van der Waals surface area (Å²) >= 11 is 0. The number of carbonyl (C=O) groups excluding carboxylic acids is 1. The minimum Gasteiger partial charge on any atom is -0.378 e. The molecule has 7 heteroatoms. The molecule has 0 unspecified atom stereocenters. The first-order valence-electron chi connectivity index (χ1n) is 9.26. The third kappa shape index (κ3) is 4.66. The van der Waals surface area contributed by atoms with Gasteiger partial charge in [0.1, 0.15) is 0 Å². The number of nitrogens with zero attached hydrogens (tertiary/aromatic N) is 3. The SMILES string of the molecule is CN(C)c1ccc(-c2noc(C(=O)NC3CC(C)(C)NC(C)(C)C3)n2)cc1. The Morgan fingerprint density at radius 1 is 1.15 bits per heavy atom. The smallest absolute Gasteiger partial charge is 0.316 e. The van der Waals surface area contributed by atoms with Crippen LogP contribution in [-0.2, 0) is 0 Å². The molecule has 1 aliphatic heterocycles. The van der Waals surface area contributed by atoms with E-state index >= 15 is 0 Å². The standard InChI is InChI=1S/C20H29N5O2/c1-19(2)11-14(12-20(3,4)24-19)21-17(26)18-22-16(23-27-18)13-7-9-15(10-8-13)25(5)6/h7-10,14,24H,11-12H2,1-6H3,(H,21,26). The summed E-state index contributed by atoms with van der Waals surface area (Å²) in [5, 5.41) is 10.6. The van der Waals surface area contributed by atoms with Crippen molar-refractivity contribution in [1.29, 1.82) is 0 Å². The molecule has 7 nitrogen and oxygen atoms in total.